The van der Waals surface area contributed by atoms with Crippen LogP contribution in [0.25, 0.3) is 0 Å². The third kappa shape index (κ3) is 4.35. The molecule has 0 atom stereocenters. The Hall–Kier alpha value is -1.88. The van der Waals surface area contributed by atoms with Gasteiger partial charge in [0.05, 0.1) is 0 Å². The number of carbonyl (C=O) groups excluding carboxylic acids is 1. The van der Waals surface area contributed by atoms with E-state index in [4.69, 9.17) is 0 Å². The highest BCUT2D eigenvalue weighted by molar-refractivity contribution is 9.10. The largest absolute Gasteiger partial charge is 0.341 e. The molecule has 1 fully saturated rings. The van der Waals surface area contributed by atoms with Gasteiger partial charge in [0, 0.05) is 29.8 Å². The van der Waals surface area contributed by atoms with Crippen LogP contribution in [-0.4, -0.2) is 28.5 Å². The van der Waals surface area contributed by atoms with E-state index in [-0.39, 0.29) is 18.0 Å². The molecular weight excluding hydrogens is 368 g/mol. The van der Waals surface area contributed by atoms with Gasteiger partial charge in [-0.2, -0.15) is 0 Å². The Bertz CT molecular complexity index is 749. The Kier molecular flexibility index (Phi) is 5.51. The third-order valence-electron chi connectivity index (χ3n) is 4.59. The summed E-state index contributed by atoms with van der Waals surface area (Å²) in [5, 5.41) is 0. The quantitative estimate of drug-likeness (QED) is 0.807. The van der Waals surface area contributed by atoms with Crippen LogP contribution in [0.5, 0.6) is 0 Å². The third-order valence-corrected chi connectivity index (χ3v) is 5.06. The van der Waals surface area contributed by atoms with Crippen LogP contribution < -0.4 is 5.56 Å². The second-order valence-electron chi connectivity index (χ2n) is 6.33. The summed E-state index contributed by atoms with van der Waals surface area (Å²) in [4.78, 5) is 26.1. The molecule has 3 rings (SSSR count). The molecule has 126 valence electrons. The smallest absolute Gasteiger partial charge is 0.251 e. The average molecular weight is 389 g/mol. The van der Waals surface area contributed by atoms with Crippen molar-refractivity contribution in [2.45, 2.75) is 25.8 Å². The lowest BCUT2D eigenvalue weighted by molar-refractivity contribution is -0.133. The van der Waals surface area contributed by atoms with Gasteiger partial charge in [-0.15, -0.1) is 0 Å². The van der Waals surface area contributed by atoms with Crippen molar-refractivity contribution >= 4 is 21.8 Å². The number of amides is 1. The van der Waals surface area contributed by atoms with Crippen LogP contribution in [0.1, 0.15) is 18.4 Å². The van der Waals surface area contributed by atoms with E-state index in [1.165, 1.54) is 16.2 Å². The lowest BCUT2D eigenvalue weighted by Crippen LogP contribution is -2.41. The minimum absolute atomic E-state index is 0.0216. The second kappa shape index (κ2) is 7.79. The van der Waals surface area contributed by atoms with Crippen LogP contribution in [-0.2, 0) is 17.8 Å². The Labute approximate surface area is 150 Å². The maximum Gasteiger partial charge on any atom is 0.251 e. The zero-order valence-corrected chi connectivity index (χ0v) is 15.1. The molecule has 1 aliphatic heterocycles. The zero-order valence-electron chi connectivity index (χ0n) is 13.5. The van der Waals surface area contributed by atoms with E-state index in [1.807, 2.05) is 11.0 Å². The van der Waals surface area contributed by atoms with Gasteiger partial charge in [0.25, 0.3) is 5.56 Å². The highest BCUT2D eigenvalue weighted by Gasteiger charge is 2.23. The molecule has 0 bridgehead atoms. The molecule has 0 radical (unpaired) electrons. The molecule has 0 saturated carbocycles. The predicted molar refractivity (Wildman–Crippen MR) is 97.9 cm³/mol. The Morgan fingerprint density at radius 3 is 2.50 bits per heavy atom. The highest BCUT2D eigenvalue weighted by atomic mass is 79.9. The van der Waals surface area contributed by atoms with Crippen molar-refractivity contribution in [3.63, 3.8) is 0 Å². The number of hydrogen-bond acceptors (Lipinski definition) is 2. The fourth-order valence-corrected chi connectivity index (χ4v) is 3.58. The topological polar surface area (TPSA) is 42.3 Å². The zero-order chi connectivity index (χ0) is 16.9. The molecule has 4 nitrogen and oxygen atoms in total. The van der Waals surface area contributed by atoms with Gasteiger partial charge in [0.1, 0.15) is 6.54 Å². The molecule has 1 aromatic carbocycles. The van der Waals surface area contributed by atoms with Crippen molar-refractivity contribution in [1.82, 2.24) is 9.47 Å². The molecule has 1 aliphatic rings. The fourth-order valence-electron chi connectivity index (χ4n) is 3.21. The Morgan fingerprint density at radius 1 is 1.08 bits per heavy atom. The van der Waals surface area contributed by atoms with Gasteiger partial charge in [-0.1, -0.05) is 30.3 Å². The number of likely N-dealkylation sites (tertiary alicyclic amines) is 1. The molecule has 0 unspecified atom stereocenters. The van der Waals surface area contributed by atoms with Crippen molar-refractivity contribution in [2.75, 3.05) is 13.1 Å². The summed E-state index contributed by atoms with van der Waals surface area (Å²) in [5.74, 6) is 0.651. The first kappa shape index (κ1) is 17.0. The molecule has 0 N–H and O–H groups in total. The molecule has 1 aromatic heterocycles. The van der Waals surface area contributed by atoms with Crippen molar-refractivity contribution in [1.29, 1.82) is 0 Å². The van der Waals surface area contributed by atoms with Crippen molar-refractivity contribution in [3.8, 4) is 0 Å². The molecule has 0 spiro atoms. The first-order valence-corrected chi connectivity index (χ1v) is 9.09. The summed E-state index contributed by atoms with van der Waals surface area (Å²) in [6.45, 7) is 1.67. The monoisotopic (exact) mass is 388 g/mol. The van der Waals surface area contributed by atoms with E-state index < -0.39 is 0 Å². The van der Waals surface area contributed by atoms with Crippen LogP contribution in [0.15, 0.2) is 57.9 Å². The molecule has 2 heterocycles. The molecule has 0 aliphatic carbocycles. The minimum Gasteiger partial charge on any atom is -0.341 e. The number of pyridine rings is 1. The maximum atomic E-state index is 12.4. The number of hydrogen-bond donors (Lipinski definition) is 0. The van der Waals surface area contributed by atoms with Crippen LogP contribution in [0, 0.1) is 5.92 Å². The number of benzene rings is 1. The van der Waals surface area contributed by atoms with Gasteiger partial charge in [0.15, 0.2) is 0 Å². The standard InChI is InChI=1S/C19H21BrN2O2/c20-17-6-7-18(23)22(13-17)14-19(24)21-10-8-16(9-11-21)12-15-4-2-1-3-5-15/h1-7,13,16H,8-12,14H2. The van der Waals surface area contributed by atoms with Gasteiger partial charge in [-0.25, -0.2) is 0 Å². The average Bonchev–Trinajstić information content (AvgIpc) is 2.60. The fraction of sp³-hybridized carbons (Fsp3) is 0.368. The Morgan fingerprint density at radius 2 is 1.79 bits per heavy atom. The first-order valence-electron chi connectivity index (χ1n) is 8.29. The molecule has 5 heteroatoms. The van der Waals surface area contributed by atoms with E-state index >= 15 is 0 Å². The summed E-state index contributed by atoms with van der Waals surface area (Å²) >= 11 is 3.34. The number of aromatic nitrogens is 1. The lowest BCUT2D eigenvalue weighted by atomic mass is 9.90. The molecule has 1 saturated heterocycles. The molecular formula is C19H21BrN2O2. The van der Waals surface area contributed by atoms with E-state index in [2.05, 4.69) is 40.2 Å². The van der Waals surface area contributed by atoms with Gasteiger partial charge >= 0.3 is 0 Å². The highest BCUT2D eigenvalue weighted by Crippen LogP contribution is 2.21. The van der Waals surface area contributed by atoms with Crippen molar-refractivity contribution in [3.05, 3.63) is 69.1 Å². The lowest BCUT2D eigenvalue weighted by Gasteiger charge is -2.32. The number of piperidine rings is 1. The summed E-state index contributed by atoms with van der Waals surface area (Å²) in [6.07, 6.45) is 4.79. The van der Waals surface area contributed by atoms with E-state index in [1.54, 1.807) is 12.3 Å². The van der Waals surface area contributed by atoms with Crippen molar-refractivity contribution in [2.24, 2.45) is 5.92 Å². The van der Waals surface area contributed by atoms with Gasteiger partial charge in [-0.3, -0.25) is 9.59 Å². The molecule has 2 aromatic rings. The molecule has 1 amide bonds. The Balaban J connectivity index is 1.53. The normalized spacial score (nSPS) is 15.5. The predicted octanol–water partition coefficient (Wildman–Crippen LogP) is 3.09. The van der Waals surface area contributed by atoms with Crippen LogP contribution in [0.4, 0.5) is 0 Å². The van der Waals surface area contributed by atoms with Crippen LogP contribution in [0.2, 0.25) is 0 Å². The van der Waals surface area contributed by atoms with Crippen LogP contribution in [0.3, 0.4) is 0 Å². The van der Waals surface area contributed by atoms with E-state index in [0.29, 0.717) is 5.92 Å². The second-order valence-corrected chi connectivity index (χ2v) is 7.24. The van der Waals surface area contributed by atoms with Gasteiger partial charge in [0.2, 0.25) is 5.91 Å². The van der Waals surface area contributed by atoms with Gasteiger partial charge in [-0.05, 0) is 52.7 Å². The maximum absolute atomic E-state index is 12.4. The summed E-state index contributed by atoms with van der Waals surface area (Å²) in [6, 6.07) is 13.7. The van der Waals surface area contributed by atoms with E-state index in [9.17, 15) is 9.59 Å². The SMILES string of the molecule is O=C(Cn1cc(Br)ccc1=O)N1CCC(Cc2ccccc2)CC1. The minimum atomic E-state index is -0.148. The van der Waals surface area contributed by atoms with Gasteiger partial charge < -0.3 is 9.47 Å². The van der Waals surface area contributed by atoms with Crippen LogP contribution >= 0.6 is 15.9 Å². The number of rotatable bonds is 4. The number of nitrogens with zero attached hydrogens (tertiary/aromatic N) is 2. The first-order chi connectivity index (χ1) is 11.6. The number of halogens is 1. The number of carbonyl (C=O) groups is 1. The summed E-state index contributed by atoms with van der Waals surface area (Å²) < 4.78 is 2.26. The molecule has 24 heavy (non-hydrogen) atoms. The van der Waals surface area contributed by atoms with E-state index in [0.717, 1.165) is 36.8 Å². The summed E-state index contributed by atoms with van der Waals surface area (Å²) in [7, 11) is 0. The van der Waals surface area contributed by atoms with Crippen molar-refractivity contribution < 1.29 is 4.79 Å². The summed E-state index contributed by atoms with van der Waals surface area (Å²) in [5.41, 5.74) is 1.22.